The Morgan fingerprint density at radius 3 is 2.43 bits per heavy atom. The van der Waals surface area contributed by atoms with Crippen LogP contribution in [-0.4, -0.2) is 45.5 Å². The SMILES string of the molecule is COC(=O)c1c(C(C)C)nc2c(c1C1CCC(F)CC1)CCCN2S(C)(=O)=O. The number of pyridine rings is 1. The molecule has 1 aromatic heterocycles. The van der Waals surface area contributed by atoms with Crippen molar-refractivity contribution >= 4 is 21.8 Å². The molecule has 0 unspecified atom stereocenters. The summed E-state index contributed by atoms with van der Waals surface area (Å²) < 4.78 is 45.0. The average Bonchev–Trinajstić information content (AvgIpc) is 2.65. The van der Waals surface area contributed by atoms with Crippen LogP contribution in [0.5, 0.6) is 0 Å². The number of carbonyl (C=O) groups excluding carboxylic acids is 1. The van der Waals surface area contributed by atoms with Crippen LogP contribution in [0, 0.1) is 0 Å². The number of hydrogen-bond acceptors (Lipinski definition) is 5. The molecule has 0 spiro atoms. The van der Waals surface area contributed by atoms with E-state index in [1.54, 1.807) is 0 Å². The van der Waals surface area contributed by atoms with E-state index in [9.17, 15) is 17.6 Å². The molecule has 2 heterocycles. The largest absolute Gasteiger partial charge is 0.465 e. The van der Waals surface area contributed by atoms with E-state index in [2.05, 4.69) is 4.98 Å². The van der Waals surface area contributed by atoms with Gasteiger partial charge >= 0.3 is 5.97 Å². The van der Waals surface area contributed by atoms with E-state index in [0.717, 1.165) is 11.1 Å². The molecule has 0 bridgehead atoms. The first-order chi connectivity index (χ1) is 13.1. The summed E-state index contributed by atoms with van der Waals surface area (Å²) in [5.74, 6) is -0.0933. The molecule has 0 aromatic carbocycles. The number of fused-ring (bicyclic) bond motifs is 1. The first kappa shape index (κ1) is 21.0. The second kappa shape index (κ2) is 7.97. The fourth-order valence-electron chi connectivity index (χ4n) is 4.45. The highest BCUT2D eigenvalue weighted by Gasteiger charge is 2.36. The summed E-state index contributed by atoms with van der Waals surface area (Å²) in [6.45, 7) is 4.23. The Labute approximate surface area is 166 Å². The van der Waals surface area contributed by atoms with Gasteiger partial charge in [0.2, 0.25) is 10.0 Å². The fraction of sp³-hybridized carbons (Fsp3) is 0.700. The molecule has 1 aliphatic carbocycles. The van der Waals surface area contributed by atoms with Crippen LogP contribution in [0.1, 0.15) is 85.0 Å². The predicted molar refractivity (Wildman–Crippen MR) is 106 cm³/mol. The standard InChI is InChI=1S/C20H29FN2O4S/c1-12(2)18-17(20(24)27-3)16(13-7-9-14(21)10-8-13)15-6-5-11-23(19(15)22-18)28(4,25)26/h12-14H,5-11H2,1-4H3. The van der Waals surface area contributed by atoms with E-state index in [1.807, 2.05) is 13.8 Å². The monoisotopic (exact) mass is 412 g/mol. The summed E-state index contributed by atoms with van der Waals surface area (Å²) in [6, 6.07) is 0. The molecule has 3 rings (SSSR count). The number of halogens is 1. The van der Waals surface area contributed by atoms with Crippen LogP contribution in [0.2, 0.25) is 0 Å². The molecule has 0 radical (unpaired) electrons. The summed E-state index contributed by atoms with van der Waals surface area (Å²) in [7, 11) is -2.14. The zero-order valence-electron chi connectivity index (χ0n) is 17.0. The van der Waals surface area contributed by atoms with Crippen molar-refractivity contribution in [1.82, 2.24) is 4.98 Å². The molecular weight excluding hydrogens is 383 g/mol. The number of esters is 1. The van der Waals surface area contributed by atoms with Crippen molar-refractivity contribution in [3.63, 3.8) is 0 Å². The summed E-state index contributed by atoms with van der Waals surface area (Å²) in [6.07, 6.45) is 3.87. The molecule has 156 valence electrons. The smallest absolute Gasteiger partial charge is 0.340 e. The molecule has 0 saturated heterocycles. The second-order valence-corrected chi connectivity index (χ2v) is 10.0. The fourth-order valence-corrected chi connectivity index (χ4v) is 5.38. The number of ether oxygens (including phenoxy) is 1. The van der Waals surface area contributed by atoms with Crippen LogP contribution < -0.4 is 4.31 Å². The maximum Gasteiger partial charge on any atom is 0.340 e. The topological polar surface area (TPSA) is 76.6 Å². The number of rotatable bonds is 4. The van der Waals surface area contributed by atoms with Crippen molar-refractivity contribution in [1.29, 1.82) is 0 Å². The quantitative estimate of drug-likeness (QED) is 0.705. The van der Waals surface area contributed by atoms with Gasteiger partial charge in [0.05, 0.1) is 24.6 Å². The highest BCUT2D eigenvalue weighted by molar-refractivity contribution is 7.92. The first-order valence-corrected chi connectivity index (χ1v) is 11.8. The number of nitrogens with zero attached hydrogens (tertiary/aromatic N) is 2. The number of sulfonamides is 1. The lowest BCUT2D eigenvalue weighted by Gasteiger charge is -2.35. The van der Waals surface area contributed by atoms with Crippen LogP contribution in [0.25, 0.3) is 0 Å². The Kier molecular flexibility index (Phi) is 5.98. The molecule has 1 aliphatic heterocycles. The van der Waals surface area contributed by atoms with Crippen LogP contribution in [0.15, 0.2) is 0 Å². The Balaban J connectivity index is 2.29. The van der Waals surface area contributed by atoms with Gasteiger partial charge in [-0.1, -0.05) is 13.8 Å². The molecule has 6 nitrogen and oxygen atoms in total. The highest BCUT2D eigenvalue weighted by Crippen LogP contribution is 2.44. The molecule has 8 heteroatoms. The first-order valence-electron chi connectivity index (χ1n) is 9.91. The molecule has 0 amide bonds. The van der Waals surface area contributed by atoms with E-state index in [1.165, 1.54) is 17.7 Å². The summed E-state index contributed by atoms with van der Waals surface area (Å²) in [5, 5.41) is 0. The van der Waals surface area contributed by atoms with Crippen molar-refractivity contribution in [2.45, 2.75) is 70.4 Å². The van der Waals surface area contributed by atoms with Gasteiger partial charge in [-0.2, -0.15) is 0 Å². The zero-order valence-corrected chi connectivity index (χ0v) is 17.8. The molecule has 2 aliphatic rings. The number of anilines is 1. The Bertz CT molecular complexity index is 861. The minimum Gasteiger partial charge on any atom is -0.465 e. The van der Waals surface area contributed by atoms with Crippen LogP contribution in [0.3, 0.4) is 0 Å². The van der Waals surface area contributed by atoms with E-state index in [0.29, 0.717) is 62.1 Å². The molecule has 0 atom stereocenters. The van der Waals surface area contributed by atoms with Crippen LogP contribution in [-0.2, 0) is 21.2 Å². The normalized spacial score (nSPS) is 22.9. The molecule has 1 aromatic rings. The van der Waals surface area contributed by atoms with Crippen LogP contribution in [0.4, 0.5) is 10.2 Å². The number of hydrogen-bond donors (Lipinski definition) is 0. The Hall–Kier alpha value is -1.70. The summed E-state index contributed by atoms with van der Waals surface area (Å²) >= 11 is 0. The van der Waals surface area contributed by atoms with Crippen molar-refractivity contribution in [3.8, 4) is 0 Å². The maximum atomic E-state index is 13.8. The average molecular weight is 413 g/mol. The minimum absolute atomic E-state index is 0.00913. The van der Waals surface area contributed by atoms with E-state index >= 15 is 0 Å². The zero-order chi connectivity index (χ0) is 20.6. The van der Waals surface area contributed by atoms with Gasteiger partial charge in [0.25, 0.3) is 0 Å². The molecule has 1 saturated carbocycles. The molecular formula is C20H29FN2O4S. The number of carbonyl (C=O) groups is 1. The summed E-state index contributed by atoms with van der Waals surface area (Å²) in [5.41, 5.74) is 2.65. The van der Waals surface area contributed by atoms with Crippen molar-refractivity contribution < 1.29 is 22.3 Å². The molecule has 28 heavy (non-hydrogen) atoms. The van der Waals surface area contributed by atoms with Gasteiger partial charge < -0.3 is 4.74 Å². The predicted octanol–water partition coefficient (Wildman–Crippen LogP) is 3.70. The lowest BCUT2D eigenvalue weighted by Crippen LogP contribution is -2.37. The number of aromatic nitrogens is 1. The number of methoxy groups -OCH3 is 1. The molecule has 0 N–H and O–H groups in total. The Morgan fingerprint density at radius 2 is 1.89 bits per heavy atom. The third kappa shape index (κ3) is 3.88. The van der Waals surface area contributed by atoms with Crippen molar-refractivity contribution in [2.75, 3.05) is 24.2 Å². The van der Waals surface area contributed by atoms with Crippen LogP contribution >= 0.6 is 0 Å². The third-order valence-electron chi connectivity index (χ3n) is 5.77. The van der Waals surface area contributed by atoms with E-state index in [-0.39, 0.29) is 11.8 Å². The number of alkyl halides is 1. The second-order valence-electron chi connectivity index (χ2n) is 8.12. The van der Waals surface area contributed by atoms with E-state index in [4.69, 9.17) is 4.74 Å². The van der Waals surface area contributed by atoms with Crippen molar-refractivity contribution in [3.05, 3.63) is 22.4 Å². The lowest BCUT2D eigenvalue weighted by atomic mass is 9.77. The van der Waals surface area contributed by atoms with Gasteiger partial charge in [-0.15, -0.1) is 0 Å². The van der Waals surface area contributed by atoms with Gasteiger partial charge in [0.15, 0.2) is 0 Å². The Morgan fingerprint density at radius 1 is 1.25 bits per heavy atom. The van der Waals surface area contributed by atoms with Gasteiger partial charge in [-0.3, -0.25) is 4.31 Å². The van der Waals surface area contributed by atoms with Crippen molar-refractivity contribution in [2.24, 2.45) is 0 Å². The molecule has 1 fully saturated rings. The lowest BCUT2D eigenvalue weighted by molar-refractivity contribution is 0.0595. The minimum atomic E-state index is -3.48. The third-order valence-corrected chi connectivity index (χ3v) is 6.93. The highest BCUT2D eigenvalue weighted by atomic mass is 32.2. The van der Waals surface area contributed by atoms with Gasteiger partial charge in [0.1, 0.15) is 12.0 Å². The van der Waals surface area contributed by atoms with E-state index < -0.39 is 22.2 Å². The van der Waals surface area contributed by atoms with Gasteiger partial charge in [-0.05, 0) is 55.9 Å². The van der Waals surface area contributed by atoms with Gasteiger partial charge in [-0.25, -0.2) is 22.6 Å². The summed E-state index contributed by atoms with van der Waals surface area (Å²) in [4.78, 5) is 17.4. The maximum absolute atomic E-state index is 13.8. The van der Waals surface area contributed by atoms with Gasteiger partial charge in [0, 0.05) is 12.1 Å².